The van der Waals surface area contributed by atoms with Crippen LogP contribution in [0.1, 0.15) is 49.7 Å². The third-order valence-corrected chi connectivity index (χ3v) is 5.99. The Labute approximate surface area is 169 Å². The Kier molecular flexibility index (Phi) is 6.11. The van der Waals surface area contributed by atoms with Gasteiger partial charge in [-0.2, -0.15) is 0 Å². The fraction of sp³-hybridized carbons (Fsp3) is 0.478. The molecule has 1 unspecified atom stereocenters. The van der Waals surface area contributed by atoms with Gasteiger partial charge in [0.15, 0.2) is 5.72 Å². The topological polar surface area (TPSA) is 37.2 Å². The summed E-state index contributed by atoms with van der Waals surface area (Å²) in [5, 5.41) is 11.7. The zero-order valence-corrected chi connectivity index (χ0v) is 16.8. The van der Waals surface area contributed by atoms with Crippen molar-refractivity contribution in [3.05, 3.63) is 71.8 Å². The van der Waals surface area contributed by atoms with E-state index in [0.717, 1.165) is 31.3 Å². The summed E-state index contributed by atoms with van der Waals surface area (Å²) in [5.41, 5.74) is 1.64. The highest BCUT2D eigenvalue weighted by molar-refractivity contribution is 6.53. The molecule has 28 heavy (non-hydrogen) atoms. The van der Waals surface area contributed by atoms with Crippen molar-refractivity contribution >= 4 is 6.92 Å². The molecule has 5 heteroatoms. The SMILES string of the molecule is CCCCB1CC(c2ccccc2)[C@](N=NN2CCCC2)(c2ccccc2)O1. The molecule has 2 heterocycles. The Bertz CT molecular complexity index is 764. The Morgan fingerprint density at radius 2 is 1.71 bits per heavy atom. The number of hydrogen-bond donors (Lipinski definition) is 0. The molecule has 0 saturated carbocycles. The number of unbranched alkanes of at least 4 members (excludes halogenated alkanes) is 1. The van der Waals surface area contributed by atoms with Gasteiger partial charge in [0.2, 0.25) is 0 Å². The molecule has 2 aromatic carbocycles. The minimum Gasteiger partial charge on any atom is -0.408 e. The lowest BCUT2D eigenvalue weighted by Gasteiger charge is -2.32. The van der Waals surface area contributed by atoms with Gasteiger partial charge < -0.3 is 4.65 Å². The molecule has 4 nitrogen and oxygen atoms in total. The van der Waals surface area contributed by atoms with Crippen LogP contribution < -0.4 is 0 Å². The molecular weight excluding hydrogens is 345 g/mol. The molecule has 2 fully saturated rings. The van der Waals surface area contributed by atoms with Gasteiger partial charge in [-0.25, -0.2) is 0 Å². The van der Waals surface area contributed by atoms with E-state index >= 15 is 0 Å². The molecule has 0 radical (unpaired) electrons. The van der Waals surface area contributed by atoms with Crippen LogP contribution in [0.5, 0.6) is 0 Å². The maximum atomic E-state index is 6.78. The summed E-state index contributed by atoms with van der Waals surface area (Å²) in [5.74, 6) is 0.171. The summed E-state index contributed by atoms with van der Waals surface area (Å²) >= 11 is 0. The van der Waals surface area contributed by atoms with Crippen molar-refractivity contribution in [1.82, 2.24) is 5.01 Å². The first-order valence-corrected chi connectivity index (χ1v) is 10.8. The van der Waals surface area contributed by atoms with Crippen LogP contribution in [-0.4, -0.2) is 25.0 Å². The standard InChI is InChI=1S/C23H30BN3O/c1-2-3-16-24-19-22(20-12-6-4-7-13-20)23(28-24,21-14-8-5-9-15-21)25-26-27-17-10-11-18-27/h4-9,12-15,22H,2-3,10-11,16-19H2,1H3/t22?,23-/m0/s1. The summed E-state index contributed by atoms with van der Waals surface area (Å²) in [6.07, 6.45) is 6.81. The van der Waals surface area contributed by atoms with Gasteiger partial charge in [0.05, 0.1) is 0 Å². The van der Waals surface area contributed by atoms with Crippen LogP contribution in [0.2, 0.25) is 12.6 Å². The lowest BCUT2D eigenvalue weighted by Crippen LogP contribution is -2.31. The molecule has 0 aliphatic carbocycles. The smallest absolute Gasteiger partial charge is 0.297 e. The van der Waals surface area contributed by atoms with Gasteiger partial charge >= 0.3 is 0 Å². The summed E-state index contributed by atoms with van der Waals surface area (Å²) in [7, 11) is 0. The van der Waals surface area contributed by atoms with E-state index in [1.165, 1.54) is 31.2 Å². The first-order valence-electron chi connectivity index (χ1n) is 10.8. The Morgan fingerprint density at radius 3 is 2.39 bits per heavy atom. The quantitative estimate of drug-likeness (QED) is 0.446. The summed E-state index contributed by atoms with van der Waals surface area (Å²) in [6, 6.07) is 21.2. The molecule has 2 saturated heterocycles. The Hall–Kier alpha value is -2.14. The molecule has 4 rings (SSSR count). The van der Waals surface area contributed by atoms with Crippen LogP contribution in [0.3, 0.4) is 0 Å². The molecular formula is C23H30BN3O. The minimum atomic E-state index is -0.746. The van der Waals surface area contributed by atoms with Gasteiger partial charge in [-0.15, -0.1) is 5.11 Å². The van der Waals surface area contributed by atoms with Gasteiger partial charge in [-0.1, -0.05) is 85.7 Å². The van der Waals surface area contributed by atoms with Crippen LogP contribution in [-0.2, 0) is 10.4 Å². The third kappa shape index (κ3) is 4.00. The number of benzene rings is 2. The Morgan fingerprint density at radius 1 is 1.04 bits per heavy atom. The van der Waals surface area contributed by atoms with Crippen LogP contribution >= 0.6 is 0 Å². The molecule has 0 aromatic heterocycles. The van der Waals surface area contributed by atoms with Crippen LogP contribution in [0, 0.1) is 0 Å². The number of nitrogens with zero attached hydrogens (tertiary/aromatic N) is 3. The van der Waals surface area contributed by atoms with Crippen molar-refractivity contribution in [2.45, 2.75) is 56.9 Å². The fourth-order valence-electron chi connectivity index (χ4n) is 4.48. The predicted molar refractivity (Wildman–Crippen MR) is 114 cm³/mol. The Balaban J connectivity index is 1.75. The van der Waals surface area contributed by atoms with E-state index < -0.39 is 5.72 Å². The van der Waals surface area contributed by atoms with Gasteiger partial charge in [0, 0.05) is 24.6 Å². The van der Waals surface area contributed by atoms with Crippen molar-refractivity contribution in [2.24, 2.45) is 10.3 Å². The van der Waals surface area contributed by atoms with E-state index in [4.69, 9.17) is 9.77 Å². The maximum Gasteiger partial charge on any atom is 0.297 e. The zero-order chi connectivity index (χ0) is 19.2. The molecule has 0 spiro atoms. The molecule has 2 aromatic rings. The lowest BCUT2D eigenvalue weighted by atomic mass is 9.58. The average Bonchev–Trinajstić information content (AvgIpc) is 3.40. The van der Waals surface area contributed by atoms with Crippen molar-refractivity contribution < 1.29 is 4.65 Å². The monoisotopic (exact) mass is 375 g/mol. The predicted octanol–water partition coefficient (Wildman–Crippen LogP) is 5.91. The first-order chi connectivity index (χ1) is 13.8. The first kappa shape index (κ1) is 19.2. The number of hydrogen-bond acceptors (Lipinski definition) is 3. The lowest BCUT2D eigenvalue weighted by molar-refractivity contribution is 0.0606. The van der Waals surface area contributed by atoms with E-state index in [0.29, 0.717) is 0 Å². The zero-order valence-electron chi connectivity index (χ0n) is 16.8. The summed E-state index contributed by atoms with van der Waals surface area (Å²) < 4.78 is 6.78. The second-order valence-corrected chi connectivity index (χ2v) is 7.99. The van der Waals surface area contributed by atoms with E-state index in [1.807, 2.05) is 0 Å². The van der Waals surface area contributed by atoms with Crippen LogP contribution in [0.15, 0.2) is 71.0 Å². The molecule has 2 atom stereocenters. The summed E-state index contributed by atoms with van der Waals surface area (Å²) in [6.45, 7) is 4.43. The highest BCUT2D eigenvalue weighted by atomic mass is 16.5. The van der Waals surface area contributed by atoms with Crippen molar-refractivity contribution in [3.63, 3.8) is 0 Å². The molecule has 146 valence electrons. The molecule has 0 N–H and O–H groups in total. The highest BCUT2D eigenvalue weighted by Crippen LogP contribution is 2.51. The second-order valence-electron chi connectivity index (χ2n) is 7.99. The normalized spacial score (nSPS) is 25.1. The van der Waals surface area contributed by atoms with Gasteiger partial charge in [-0.05, 0) is 31.0 Å². The van der Waals surface area contributed by atoms with Crippen molar-refractivity contribution in [2.75, 3.05) is 13.1 Å². The van der Waals surface area contributed by atoms with Gasteiger partial charge in [-0.3, -0.25) is 5.01 Å². The van der Waals surface area contributed by atoms with Crippen molar-refractivity contribution in [3.8, 4) is 0 Å². The van der Waals surface area contributed by atoms with E-state index in [-0.39, 0.29) is 12.8 Å². The molecule has 2 aliphatic rings. The maximum absolute atomic E-state index is 6.78. The highest BCUT2D eigenvalue weighted by Gasteiger charge is 2.52. The van der Waals surface area contributed by atoms with Gasteiger partial charge in [0.1, 0.15) is 0 Å². The minimum absolute atomic E-state index is 0.171. The summed E-state index contributed by atoms with van der Waals surface area (Å²) in [4.78, 5) is 0. The molecule has 0 bridgehead atoms. The molecule has 2 aliphatic heterocycles. The third-order valence-electron chi connectivity index (χ3n) is 5.99. The van der Waals surface area contributed by atoms with Gasteiger partial charge in [0.25, 0.3) is 6.92 Å². The average molecular weight is 375 g/mol. The second kappa shape index (κ2) is 8.91. The van der Waals surface area contributed by atoms with Crippen molar-refractivity contribution in [1.29, 1.82) is 0 Å². The fourth-order valence-corrected chi connectivity index (χ4v) is 4.48. The number of rotatable bonds is 7. The van der Waals surface area contributed by atoms with E-state index in [1.54, 1.807) is 0 Å². The van der Waals surface area contributed by atoms with E-state index in [9.17, 15) is 0 Å². The molecule has 0 amide bonds. The van der Waals surface area contributed by atoms with E-state index in [2.05, 4.69) is 77.8 Å². The largest absolute Gasteiger partial charge is 0.408 e. The van der Waals surface area contributed by atoms with Crippen LogP contribution in [0.25, 0.3) is 0 Å². The van der Waals surface area contributed by atoms with Crippen LogP contribution in [0.4, 0.5) is 0 Å².